The van der Waals surface area contributed by atoms with Gasteiger partial charge in [0.1, 0.15) is 5.82 Å². The van der Waals surface area contributed by atoms with E-state index in [1.165, 1.54) is 6.07 Å². The predicted molar refractivity (Wildman–Crippen MR) is 79.1 cm³/mol. The van der Waals surface area contributed by atoms with E-state index < -0.39 is 0 Å². The Labute approximate surface area is 124 Å². The van der Waals surface area contributed by atoms with Gasteiger partial charge in [-0.2, -0.15) is 5.26 Å². The third-order valence-electron chi connectivity index (χ3n) is 3.76. The highest BCUT2D eigenvalue weighted by atomic mass is 19.1. The van der Waals surface area contributed by atoms with Crippen LogP contribution in [0.5, 0.6) is 0 Å². The fraction of sp³-hybridized carbons (Fsp3) is 0.500. The largest absolute Gasteiger partial charge is 0.380 e. The first-order valence-corrected chi connectivity index (χ1v) is 7.36. The van der Waals surface area contributed by atoms with Gasteiger partial charge in [0.25, 0.3) is 0 Å². The van der Waals surface area contributed by atoms with Crippen molar-refractivity contribution in [3.63, 3.8) is 0 Å². The van der Waals surface area contributed by atoms with Gasteiger partial charge in [0.05, 0.1) is 11.8 Å². The number of hydrogen-bond acceptors (Lipinski definition) is 3. The maximum Gasteiger partial charge on any atom is 0.222 e. The molecule has 0 unspecified atom stereocenters. The Bertz CT molecular complexity index is 518. The molecule has 5 heteroatoms. The fourth-order valence-electron chi connectivity index (χ4n) is 2.55. The second-order valence-corrected chi connectivity index (χ2v) is 5.29. The summed E-state index contributed by atoms with van der Waals surface area (Å²) in [5.74, 6) is -0.123. The number of amides is 1. The molecule has 0 spiro atoms. The van der Waals surface area contributed by atoms with Gasteiger partial charge in [-0.25, -0.2) is 4.39 Å². The molecule has 1 aromatic rings. The number of carbonyl (C=O) groups excluding carboxylic acids is 1. The van der Waals surface area contributed by atoms with E-state index in [0.717, 1.165) is 12.8 Å². The van der Waals surface area contributed by atoms with E-state index in [0.29, 0.717) is 38.0 Å². The molecule has 1 aliphatic heterocycles. The Morgan fingerprint density at radius 1 is 1.38 bits per heavy atom. The summed E-state index contributed by atoms with van der Waals surface area (Å²) in [4.78, 5) is 13.8. The summed E-state index contributed by atoms with van der Waals surface area (Å²) >= 11 is 0. The lowest BCUT2D eigenvalue weighted by molar-refractivity contribution is -0.132. The quantitative estimate of drug-likeness (QED) is 0.848. The number of unbranched alkanes of at least 4 members (excludes halogenated alkanes) is 1. The number of hydrogen-bond donors (Lipinski definition) is 1. The number of nitrogens with one attached hydrogen (secondary N) is 1. The molecule has 0 aromatic heterocycles. The molecule has 0 bridgehead atoms. The molecule has 1 aromatic carbocycles. The van der Waals surface area contributed by atoms with E-state index in [-0.39, 0.29) is 17.8 Å². The maximum atomic E-state index is 13.6. The van der Waals surface area contributed by atoms with Crippen LogP contribution in [-0.4, -0.2) is 29.9 Å². The second kappa shape index (κ2) is 7.63. The van der Waals surface area contributed by atoms with Gasteiger partial charge in [-0.1, -0.05) is 12.1 Å². The predicted octanol–water partition coefficient (Wildman–Crippen LogP) is 2.92. The van der Waals surface area contributed by atoms with Crippen molar-refractivity contribution in [1.29, 1.82) is 5.26 Å². The van der Waals surface area contributed by atoms with Crippen LogP contribution in [0, 0.1) is 17.1 Å². The van der Waals surface area contributed by atoms with Crippen LogP contribution < -0.4 is 5.32 Å². The minimum atomic E-state index is -0.243. The fourth-order valence-corrected chi connectivity index (χ4v) is 2.55. The number of carbonyl (C=O) groups is 1. The van der Waals surface area contributed by atoms with E-state index in [1.54, 1.807) is 18.2 Å². The van der Waals surface area contributed by atoms with Crippen molar-refractivity contribution >= 4 is 11.6 Å². The van der Waals surface area contributed by atoms with E-state index in [2.05, 4.69) is 5.32 Å². The van der Waals surface area contributed by atoms with E-state index in [9.17, 15) is 9.18 Å². The average molecular weight is 289 g/mol. The van der Waals surface area contributed by atoms with Gasteiger partial charge in [0.15, 0.2) is 0 Å². The van der Waals surface area contributed by atoms with Gasteiger partial charge in [-0.05, 0) is 31.4 Å². The van der Waals surface area contributed by atoms with Crippen molar-refractivity contribution in [2.24, 2.45) is 0 Å². The lowest BCUT2D eigenvalue weighted by atomic mass is 10.0. The van der Waals surface area contributed by atoms with Crippen molar-refractivity contribution in [1.82, 2.24) is 4.90 Å². The lowest BCUT2D eigenvalue weighted by Gasteiger charge is -2.33. The van der Waals surface area contributed by atoms with Crippen LogP contribution in [0.25, 0.3) is 0 Å². The number of anilines is 1. The van der Waals surface area contributed by atoms with Crippen molar-refractivity contribution in [2.75, 3.05) is 18.4 Å². The van der Waals surface area contributed by atoms with Crippen LogP contribution in [0.2, 0.25) is 0 Å². The third-order valence-corrected chi connectivity index (χ3v) is 3.76. The first-order valence-electron chi connectivity index (χ1n) is 7.36. The topological polar surface area (TPSA) is 56.1 Å². The van der Waals surface area contributed by atoms with Gasteiger partial charge in [-0.3, -0.25) is 4.79 Å². The number of rotatable bonds is 5. The Hall–Kier alpha value is -2.09. The normalized spacial score (nSPS) is 15.5. The first kappa shape index (κ1) is 15.3. The zero-order chi connectivity index (χ0) is 15.1. The molecular weight excluding hydrogens is 269 g/mol. The van der Waals surface area contributed by atoms with E-state index in [1.807, 2.05) is 11.0 Å². The van der Waals surface area contributed by atoms with Crippen molar-refractivity contribution in [2.45, 2.75) is 38.1 Å². The smallest absolute Gasteiger partial charge is 0.222 e. The van der Waals surface area contributed by atoms with Crippen LogP contribution in [0.15, 0.2) is 24.3 Å². The standard InChI is InChI=1S/C16H20FN3O/c17-14-5-1-2-6-15(14)19-13-8-11-20(12-9-13)16(21)7-3-4-10-18/h1-2,5-6,13,19H,3-4,7-9,11-12H2. The molecule has 1 aliphatic rings. The molecule has 21 heavy (non-hydrogen) atoms. The van der Waals surface area contributed by atoms with E-state index in [4.69, 9.17) is 5.26 Å². The molecule has 0 radical (unpaired) electrons. The highest BCUT2D eigenvalue weighted by Crippen LogP contribution is 2.19. The van der Waals surface area contributed by atoms with Crippen LogP contribution >= 0.6 is 0 Å². The number of likely N-dealkylation sites (tertiary alicyclic amines) is 1. The highest BCUT2D eigenvalue weighted by molar-refractivity contribution is 5.76. The van der Waals surface area contributed by atoms with Gasteiger partial charge in [0, 0.05) is 32.0 Å². The number of piperidine rings is 1. The second-order valence-electron chi connectivity index (χ2n) is 5.29. The molecule has 112 valence electrons. The van der Waals surface area contributed by atoms with Gasteiger partial charge in [0.2, 0.25) is 5.91 Å². The average Bonchev–Trinajstić information content (AvgIpc) is 2.50. The summed E-state index contributed by atoms with van der Waals surface area (Å²) in [6.45, 7) is 1.38. The number of nitriles is 1. The molecule has 0 saturated carbocycles. The number of halogens is 1. The van der Waals surface area contributed by atoms with Crippen molar-refractivity contribution in [3.05, 3.63) is 30.1 Å². The van der Waals surface area contributed by atoms with Gasteiger partial charge >= 0.3 is 0 Å². The van der Waals surface area contributed by atoms with Crippen LogP contribution in [0.4, 0.5) is 10.1 Å². The summed E-state index contributed by atoms with van der Waals surface area (Å²) in [5, 5.41) is 11.7. The monoisotopic (exact) mass is 289 g/mol. The molecule has 0 atom stereocenters. The van der Waals surface area contributed by atoms with Crippen molar-refractivity contribution in [3.8, 4) is 6.07 Å². The number of nitrogens with zero attached hydrogens (tertiary/aromatic N) is 2. The SMILES string of the molecule is N#CCCCC(=O)N1CCC(Nc2ccccc2F)CC1. The number of benzene rings is 1. The van der Waals surface area contributed by atoms with Gasteiger partial charge in [-0.15, -0.1) is 0 Å². The summed E-state index contributed by atoms with van der Waals surface area (Å²) < 4.78 is 13.6. The minimum Gasteiger partial charge on any atom is -0.380 e. The maximum absolute atomic E-state index is 13.6. The Balaban J connectivity index is 1.77. The molecule has 1 fully saturated rings. The molecule has 1 amide bonds. The van der Waals surface area contributed by atoms with Crippen molar-refractivity contribution < 1.29 is 9.18 Å². The minimum absolute atomic E-state index is 0.120. The zero-order valence-electron chi connectivity index (χ0n) is 12.0. The summed E-state index contributed by atoms with van der Waals surface area (Å²) in [6.07, 6.45) is 3.13. The van der Waals surface area contributed by atoms with Crippen LogP contribution in [0.1, 0.15) is 32.1 Å². The molecule has 1 N–H and O–H groups in total. The Morgan fingerprint density at radius 2 is 2.10 bits per heavy atom. The molecule has 4 nitrogen and oxygen atoms in total. The third kappa shape index (κ3) is 4.45. The van der Waals surface area contributed by atoms with E-state index >= 15 is 0 Å². The highest BCUT2D eigenvalue weighted by Gasteiger charge is 2.22. The number of para-hydroxylation sites is 1. The molecule has 0 aliphatic carbocycles. The molecule has 1 saturated heterocycles. The van der Waals surface area contributed by atoms with Gasteiger partial charge < -0.3 is 10.2 Å². The zero-order valence-corrected chi connectivity index (χ0v) is 12.0. The van der Waals surface area contributed by atoms with Crippen LogP contribution in [-0.2, 0) is 4.79 Å². The van der Waals surface area contributed by atoms with Crippen LogP contribution in [0.3, 0.4) is 0 Å². The Kier molecular flexibility index (Phi) is 5.56. The first-order chi connectivity index (χ1) is 10.2. The summed E-state index contributed by atoms with van der Waals surface area (Å²) in [6, 6.07) is 8.89. The summed E-state index contributed by atoms with van der Waals surface area (Å²) in [5.41, 5.74) is 0.524. The molecule has 2 rings (SSSR count). The molecular formula is C16H20FN3O. The molecule has 1 heterocycles. The summed E-state index contributed by atoms with van der Waals surface area (Å²) in [7, 11) is 0. The lowest BCUT2D eigenvalue weighted by Crippen LogP contribution is -2.42. The Morgan fingerprint density at radius 3 is 2.76 bits per heavy atom.